The van der Waals surface area contributed by atoms with Crippen LogP contribution >= 0.6 is 0 Å². The van der Waals surface area contributed by atoms with Crippen LogP contribution in [0.3, 0.4) is 0 Å². The van der Waals surface area contributed by atoms with Crippen molar-refractivity contribution >= 4 is 10.0 Å². The van der Waals surface area contributed by atoms with Crippen molar-refractivity contribution in [2.75, 3.05) is 14.2 Å². The van der Waals surface area contributed by atoms with E-state index in [9.17, 15) is 13.5 Å². The van der Waals surface area contributed by atoms with Gasteiger partial charge in [-0.05, 0) is 37.8 Å². The lowest BCUT2D eigenvalue weighted by molar-refractivity contribution is -0.0644. The molecule has 0 heterocycles. The maximum atomic E-state index is 12.8. The molecule has 1 fully saturated rings. The van der Waals surface area contributed by atoms with Crippen molar-refractivity contribution in [3.63, 3.8) is 0 Å². The summed E-state index contributed by atoms with van der Waals surface area (Å²) in [6.45, 7) is 1.77. The van der Waals surface area contributed by atoms with Gasteiger partial charge in [-0.15, -0.1) is 0 Å². The number of hydrogen-bond donors (Lipinski definition) is 1. The number of benzene rings is 1. The number of methoxy groups -OCH3 is 1. The first-order valence-corrected chi connectivity index (χ1v) is 8.58. The van der Waals surface area contributed by atoms with Crippen LogP contribution in [0.1, 0.15) is 24.8 Å². The van der Waals surface area contributed by atoms with Crippen LogP contribution < -0.4 is 0 Å². The Balaban J connectivity index is 2.30. The molecule has 0 spiro atoms. The summed E-state index contributed by atoms with van der Waals surface area (Å²) >= 11 is 0. The van der Waals surface area contributed by atoms with E-state index in [1.165, 1.54) is 11.4 Å². The highest BCUT2D eigenvalue weighted by Crippen LogP contribution is 2.29. The van der Waals surface area contributed by atoms with Gasteiger partial charge in [0.2, 0.25) is 10.0 Å². The van der Waals surface area contributed by atoms with Crippen LogP contribution in [0.15, 0.2) is 29.2 Å². The Morgan fingerprint density at radius 2 is 1.95 bits per heavy atom. The Kier molecular flexibility index (Phi) is 5.03. The van der Waals surface area contributed by atoms with Gasteiger partial charge >= 0.3 is 0 Å². The first-order chi connectivity index (χ1) is 9.89. The molecule has 0 aliphatic heterocycles. The SMILES string of the molecule is CO[C@@H]1CCC[C@@H](N(C)S(=O)(=O)c2ccccc2C)[C@H]1O. The van der Waals surface area contributed by atoms with Gasteiger partial charge in [0, 0.05) is 14.2 Å². The van der Waals surface area contributed by atoms with Gasteiger partial charge in [-0.25, -0.2) is 8.42 Å². The predicted octanol–water partition coefficient (Wildman–Crippen LogP) is 1.54. The smallest absolute Gasteiger partial charge is 0.243 e. The fourth-order valence-corrected chi connectivity index (χ4v) is 4.57. The summed E-state index contributed by atoms with van der Waals surface area (Å²) in [5.74, 6) is 0. The molecule has 1 saturated carbocycles. The van der Waals surface area contributed by atoms with Crippen molar-refractivity contribution < 1.29 is 18.3 Å². The highest BCUT2D eigenvalue weighted by molar-refractivity contribution is 7.89. The number of rotatable bonds is 4. The van der Waals surface area contributed by atoms with Crippen LogP contribution in [-0.4, -0.2) is 50.2 Å². The van der Waals surface area contributed by atoms with Crippen molar-refractivity contribution in [3.05, 3.63) is 29.8 Å². The zero-order valence-corrected chi connectivity index (χ0v) is 13.5. The molecule has 0 saturated heterocycles. The minimum atomic E-state index is -3.62. The highest BCUT2D eigenvalue weighted by Gasteiger charge is 2.39. The van der Waals surface area contributed by atoms with Crippen LogP contribution in [0.2, 0.25) is 0 Å². The molecule has 6 heteroatoms. The fraction of sp³-hybridized carbons (Fsp3) is 0.600. The normalized spacial score (nSPS) is 27.0. The third kappa shape index (κ3) is 3.13. The lowest BCUT2D eigenvalue weighted by Crippen LogP contribution is -2.52. The largest absolute Gasteiger partial charge is 0.389 e. The molecule has 1 aromatic carbocycles. The minimum absolute atomic E-state index is 0.291. The molecule has 21 heavy (non-hydrogen) atoms. The zero-order chi connectivity index (χ0) is 15.6. The molecule has 1 N–H and O–H groups in total. The van der Waals surface area contributed by atoms with Crippen LogP contribution in [0.5, 0.6) is 0 Å². The summed E-state index contributed by atoms with van der Waals surface area (Å²) < 4.78 is 32.1. The number of likely N-dealkylation sites (N-methyl/N-ethyl adjacent to an activating group) is 1. The third-order valence-electron chi connectivity index (χ3n) is 4.28. The summed E-state index contributed by atoms with van der Waals surface area (Å²) in [6.07, 6.45) is 1.13. The summed E-state index contributed by atoms with van der Waals surface area (Å²) in [7, 11) is -0.533. The van der Waals surface area contributed by atoms with E-state index in [1.54, 1.807) is 32.2 Å². The number of aryl methyl sites for hydroxylation is 1. The van der Waals surface area contributed by atoms with Gasteiger partial charge in [-0.1, -0.05) is 18.2 Å². The van der Waals surface area contributed by atoms with Crippen molar-refractivity contribution in [2.45, 2.75) is 49.3 Å². The zero-order valence-electron chi connectivity index (χ0n) is 12.7. The minimum Gasteiger partial charge on any atom is -0.389 e. The number of aliphatic hydroxyl groups is 1. The van der Waals surface area contributed by atoms with Crippen molar-refractivity contribution in [3.8, 4) is 0 Å². The van der Waals surface area contributed by atoms with Gasteiger partial charge in [0.1, 0.15) is 0 Å². The topological polar surface area (TPSA) is 66.8 Å². The average Bonchev–Trinajstić information content (AvgIpc) is 2.47. The van der Waals surface area contributed by atoms with E-state index in [0.717, 1.165) is 12.8 Å². The summed E-state index contributed by atoms with van der Waals surface area (Å²) in [5, 5.41) is 10.3. The molecule has 0 unspecified atom stereocenters. The Hall–Kier alpha value is -0.950. The van der Waals surface area contributed by atoms with E-state index in [4.69, 9.17) is 4.74 Å². The Morgan fingerprint density at radius 3 is 2.57 bits per heavy atom. The molecule has 0 aromatic heterocycles. The monoisotopic (exact) mass is 313 g/mol. The molecular weight excluding hydrogens is 290 g/mol. The van der Waals surface area contributed by atoms with Crippen LogP contribution in [0, 0.1) is 6.92 Å². The van der Waals surface area contributed by atoms with E-state index in [2.05, 4.69) is 0 Å². The second-order valence-electron chi connectivity index (χ2n) is 5.55. The predicted molar refractivity (Wildman–Crippen MR) is 80.6 cm³/mol. The van der Waals surface area contributed by atoms with Crippen molar-refractivity contribution in [1.29, 1.82) is 0 Å². The van der Waals surface area contributed by atoms with E-state index in [-0.39, 0.29) is 6.10 Å². The average molecular weight is 313 g/mol. The van der Waals surface area contributed by atoms with Crippen LogP contribution in [0.25, 0.3) is 0 Å². The molecular formula is C15H23NO4S. The maximum absolute atomic E-state index is 12.8. The van der Waals surface area contributed by atoms with Gasteiger partial charge < -0.3 is 9.84 Å². The molecule has 1 aliphatic rings. The summed E-state index contributed by atoms with van der Waals surface area (Å²) in [5.41, 5.74) is 0.706. The van der Waals surface area contributed by atoms with Crippen LogP contribution in [-0.2, 0) is 14.8 Å². The molecule has 0 radical (unpaired) electrons. The van der Waals surface area contributed by atoms with Gasteiger partial charge in [-0.3, -0.25) is 0 Å². The van der Waals surface area contributed by atoms with Crippen molar-refractivity contribution in [2.24, 2.45) is 0 Å². The standard InChI is InChI=1S/C15H23NO4S/c1-11-7-4-5-10-14(11)21(18,19)16(2)12-8-6-9-13(20-3)15(12)17/h4-5,7,10,12-13,15,17H,6,8-9H2,1-3H3/t12-,13-,15-/m1/s1. The number of sulfonamides is 1. The van der Waals surface area contributed by atoms with E-state index >= 15 is 0 Å². The second kappa shape index (κ2) is 6.44. The molecule has 1 aliphatic carbocycles. The molecule has 2 rings (SSSR count). The first-order valence-electron chi connectivity index (χ1n) is 7.14. The summed E-state index contributed by atoms with van der Waals surface area (Å²) in [4.78, 5) is 0.291. The van der Waals surface area contributed by atoms with Gasteiger partial charge in [0.15, 0.2) is 0 Å². The number of nitrogens with zero attached hydrogens (tertiary/aromatic N) is 1. The molecule has 3 atom stereocenters. The van der Waals surface area contributed by atoms with Crippen LogP contribution in [0.4, 0.5) is 0 Å². The fourth-order valence-electron chi connectivity index (χ4n) is 2.95. The van der Waals surface area contributed by atoms with E-state index in [1.807, 2.05) is 6.07 Å². The van der Waals surface area contributed by atoms with E-state index in [0.29, 0.717) is 16.9 Å². The Bertz CT molecular complexity index is 587. The molecule has 1 aromatic rings. The van der Waals surface area contributed by atoms with Crippen molar-refractivity contribution in [1.82, 2.24) is 4.31 Å². The van der Waals surface area contributed by atoms with Gasteiger partial charge in [0.05, 0.1) is 23.1 Å². The third-order valence-corrected chi connectivity index (χ3v) is 6.33. The molecule has 118 valence electrons. The molecule has 0 bridgehead atoms. The quantitative estimate of drug-likeness (QED) is 0.916. The highest BCUT2D eigenvalue weighted by atomic mass is 32.2. The van der Waals surface area contributed by atoms with Gasteiger partial charge in [0.25, 0.3) is 0 Å². The summed E-state index contributed by atoms with van der Waals surface area (Å²) in [6, 6.07) is 6.45. The first kappa shape index (κ1) is 16.4. The van der Waals surface area contributed by atoms with E-state index < -0.39 is 22.2 Å². The number of aliphatic hydroxyl groups excluding tert-OH is 1. The maximum Gasteiger partial charge on any atom is 0.243 e. The lowest BCUT2D eigenvalue weighted by Gasteiger charge is -2.38. The number of ether oxygens (including phenoxy) is 1. The second-order valence-corrected chi connectivity index (χ2v) is 7.52. The number of hydrogen-bond acceptors (Lipinski definition) is 4. The Labute approximate surface area is 126 Å². The lowest BCUT2D eigenvalue weighted by atomic mass is 9.90. The molecule has 5 nitrogen and oxygen atoms in total. The van der Waals surface area contributed by atoms with Gasteiger partial charge in [-0.2, -0.15) is 4.31 Å². The molecule has 0 amide bonds. The Morgan fingerprint density at radius 1 is 1.29 bits per heavy atom.